The first-order valence-electron chi connectivity index (χ1n) is 6.64. The zero-order chi connectivity index (χ0) is 15.6. The number of hydrogen-bond acceptors (Lipinski definition) is 5. The molecule has 1 aliphatic carbocycles. The normalized spacial score (nSPS) is 15.2. The second-order valence-electron chi connectivity index (χ2n) is 5.07. The molecule has 2 rings (SSSR count). The molecule has 6 heteroatoms. The van der Waals surface area contributed by atoms with Gasteiger partial charge in [0, 0.05) is 0 Å². The fourth-order valence-electron chi connectivity index (χ4n) is 2.19. The van der Waals surface area contributed by atoms with E-state index in [0.717, 1.165) is 41.9 Å². The van der Waals surface area contributed by atoms with E-state index in [-0.39, 0.29) is 10.8 Å². The molecule has 5 nitrogen and oxygen atoms in total. The third-order valence-electron chi connectivity index (χ3n) is 3.59. The summed E-state index contributed by atoms with van der Waals surface area (Å²) in [6.07, 6.45) is 3.75. The average molecular weight is 310 g/mol. The van der Waals surface area contributed by atoms with Gasteiger partial charge in [-0.1, -0.05) is 6.07 Å². The maximum atomic E-state index is 12.3. The first-order chi connectivity index (χ1) is 9.86. The minimum absolute atomic E-state index is 0.183. The summed E-state index contributed by atoms with van der Waals surface area (Å²) in [5.41, 5.74) is 2.88. The van der Waals surface area contributed by atoms with Gasteiger partial charge in [-0.05, 0) is 55.4 Å². The molecule has 1 aliphatic rings. The number of ether oxygens (including phenoxy) is 1. The van der Waals surface area contributed by atoms with Crippen LogP contribution in [-0.4, -0.2) is 21.5 Å². The van der Waals surface area contributed by atoms with Gasteiger partial charge in [0.1, 0.15) is 11.2 Å². The molecule has 0 amide bonds. The molecule has 0 spiro atoms. The monoisotopic (exact) mass is 310 g/mol. The van der Waals surface area contributed by atoms with Crippen LogP contribution in [0.3, 0.4) is 0 Å². The lowest BCUT2D eigenvalue weighted by atomic mass is 10.00. The molecule has 0 saturated heterocycles. The largest absolute Gasteiger partial charge is 0.466 e. The minimum Gasteiger partial charge on any atom is -0.466 e. The van der Waals surface area contributed by atoms with Crippen molar-refractivity contribution in [3.63, 3.8) is 0 Å². The molecular formula is C15H18O5S. The first-order valence-corrected chi connectivity index (χ1v) is 8.05. The number of rotatable bonds is 5. The van der Waals surface area contributed by atoms with Crippen molar-refractivity contribution in [2.75, 3.05) is 7.11 Å². The van der Waals surface area contributed by atoms with Gasteiger partial charge in [-0.2, -0.15) is 8.42 Å². The van der Waals surface area contributed by atoms with Crippen LogP contribution >= 0.6 is 0 Å². The second kappa shape index (κ2) is 5.89. The van der Waals surface area contributed by atoms with Crippen molar-refractivity contribution < 1.29 is 22.1 Å². The summed E-state index contributed by atoms with van der Waals surface area (Å²) in [5, 5.41) is 0. The van der Waals surface area contributed by atoms with Crippen LogP contribution < -0.4 is 0 Å². The predicted molar refractivity (Wildman–Crippen MR) is 77.3 cm³/mol. The van der Waals surface area contributed by atoms with Crippen LogP contribution in [0.15, 0.2) is 29.4 Å². The Morgan fingerprint density at radius 1 is 1.29 bits per heavy atom. The SMILES string of the molecule is COC(=O)/C=C\OS(=O)(=O)c1ccc(C)c(C)c1C1CC1. The number of hydrogen-bond donors (Lipinski definition) is 0. The van der Waals surface area contributed by atoms with Gasteiger partial charge in [0.2, 0.25) is 0 Å². The number of methoxy groups -OCH3 is 1. The van der Waals surface area contributed by atoms with E-state index in [2.05, 4.69) is 4.74 Å². The summed E-state index contributed by atoms with van der Waals surface area (Å²) < 4.78 is 33.8. The van der Waals surface area contributed by atoms with Crippen molar-refractivity contribution >= 4 is 16.1 Å². The molecule has 114 valence electrons. The Hall–Kier alpha value is -1.82. The zero-order valence-corrected chi connectivity index (χ0v) is 13.1. The molecule has 0 unspecified atom stereocenters. The molecule has 0 bridgehead atoms. The Labute approximate surface area is 124 Å². The fraction of sp³-hybridized carbons (Fsp3) is 0.400. The van der Waals surface area contributed by atoms with Crippen LogP contribution in [0.1, 0.15) is 35.4 Å². The van der Waals surface area contributed by atoms with Gasteiger partial charge in [-0.3, -0.25) is 0 Å². The summed E-state index contributed by atoms with van der Waals surface area (Å²) in [6, 6.07) is 3.33. The molecule has 0 heterocycles. The number of carbonyl (C=O) groups excluding carboxylic acids is 1. The highest BCUT2D eigenvalue weighted by Crippen LogP contribution is 2.45. The maximum Gasteiger partial charge on any atom is 0.338 e. The molecule has 0 radical (unpaired) electrons. The van der Waals surface area contributed by atoms with Gasteiger partial charge in [0.15, 0.2) is 0 Å². The van der Waals surface area contributed by atoms with Crippen molar-refractivity contribution in [2.45, 2.75) is 37.5 Å². The first kappa shape index (κ1) is 15.6. The predicted octanol–water partition coefficient (Wildman–Crippen LogP) is 2.57. The summed E-state index contributed by atoms with van der Waals surface area (Å²) in [4.78, 5) is 11.1. The molecule has 0 atom stereocenters. The van der Waals surface area contributed by atoms with Crippen LogP contribution in [0.25, 0.3) is 0 Å². The Morgan fingerprint density at radius 2 is 1.95 bits per heavy atom. The van der Waals surface area contributed by atoms with Crippen LogP contribution in [-0.2, 0) is 23.8 Å². The van der Waals surface area contributed by atoms with E-state index in [4.69, 9.17) is 4.18 Å². The molecule has 0 aliphatic heterocycles. The lowest BCUT2D eigenvalue weighted by molar-refractivity contribution is -0.134. The van der Waals surface area contributed by atoms with Crippen LogP contribution in [0.2, 0.25) is 0 Å². The van der Waals surface area contributed by atoms with Crippen molar-refractivity contribution in [3.05, 3.63) is 41.2 Å². The Balaban J connectivity index is 2.34. The average Bonchev–Trinajstić information content (AvgIpc) is 3.25. The lowest BCUT2D eigenvalue weighted by Crippen LogP contribution is -2.08. The van der Waals surface area contributed by atoms with E-state index >= 15 is 0 Å². The van der Waals surface area contributed by atoms with Crippen molar-refractivity contribution in [2.24, 2.45) is 0 Å². The summed E-state index contributed by atoms with van der Waals surface area (Å²) >= 11 is 0. The Kier molecular flexibility index (Phi) is 4.37. The van der Waals surface area contributed by atoms with Gasteiger partial charge in [-0.15, -0.1) is 0 Å². The Bertz CT molecular complexity index is 684. The van der Waals surface area contributed by atoms with Gasteiger partial charge in [0.05, 0.1) is 13.2 Å². The highest BCUT2D eigenvalue weighted by Gasteiger charge is 2.32. The van der Waals surface area contributed by atoms with Crippen LogP contribution in [0.5, 0.6) is 0 Å². The van der Waals surface area contributed by atoms with Gasteiger partial charge in [-0.25, -0.2) is 4.79 Å². The molecule has 21 heavy (non-hydrogen) atoms. The molecular weight excluding hydrogens is 292 g/mol. The smallest absolute Gasteiger partial charge is 0.338 e. The third kappa shape index (κ3) is 3.44. The Morgan fingerprint density at radius 3 is 2.52 bits per heavy atom. The van der Waals surface area contributed by atoms with Crippen LogP contribution in [0.4, 0.5) is 0 Å². The third-order valence-corrected chi connectivity index (χ3v) is 4.85. The van der Waals surface area contributed by atoms with Gasteiger partial charge < -0.3 is 8.92 Å². The number of carbonyl (C=O) groups is 1. The number of benzene rings is 1. The number of aryl methyl sites for hydroxylation is 1. The topological polar surface area (TPSA) is 69.7 Å². The van der Waals surface area contributed by atoms with E-state index in [1.54, 1.807) is 12.1 Å². The summed E-state index contributed by atoms with van der Waals surface area (Å²) in [7, 11) is -2.73. The van der Waals surface area contributed by atoms with E-state index < -0.39 is 16.1 Å². The zero-order valence-electron chi connectivity index (χ0n) is 12.3. The maximum absolute atomic E-state index is 12.3. The lowest BCUT2D eigenvalue weighted by Gasteiger charge is -2.13. The standard InChI is InChI=1S/C15H18O5S/c1-10-4-7-13(15(11(10)2)12-5-6-12)21(17,18)20-9-8-14(16)19-3/h4,7-9,12H,5-6H2,1-3H3/b9-8-. The van der Waals surface area contributed by atoms with E-state index in [1.165, 1.54) is 7.11 Å². The summed E-state index contributed by atoms with van der Waals surface area (Å²) in [5.74, 6) is -0.393. The minimum atomic E-state index is -3.93. The molecule has 1 fully saturated rings. The molecule has 1 saturated carbocycles. The van der Waals surface area contributed by atoms with Crippen molar-refractivity contribution in [1.29, 1.82) is 0 Å². The number of esters is 1. The van der Waals surface area contributed by atoms with Crippen LogP contribution in [0, 0.1) is 13.8 Å². The molecule has 0 N–H and O–H groups in total. The molecule has 1 aromatic rings. The molecule has 1 aromatic carbocycles. The molecule has 0 aromatic heterocycles. The van der Waals surface area contributed by atoms with Crippen molar-refractivity contribution in [1.82, 2.24) is 0 Å². The van der Waals surface area contributed by atoms with Crippen molar-refractivity contribution in [3.8, 4) is 0 Å². The van der Waals surface area contributed by atoms with E-state index in [9.17, 15) is 13.2 Å². The van der Waals surface area contributed by atoms with Gasteiger partial charge >= 0.3 is 16.1 Å². The van der Waals surface area contributed by atoms with E-state index in [0.29, 0.717) is 0 Å². The second-order valence-corrected chi connectivity index (χ2v) is 6.61. The quantitative estimate of drug-likeness (QED) is 0.362. The summed E-state index contributed by atoms with van der Waals surface area (Å²) in [6.45, 7) is 3.88. The highest BCUT2D eigenvalue weighted by molar-refractivity contribution is 7.86. The fourth-order valence-corrected chi connectivity index (χ4v) is 3.32. The highest BCUT2D eigenvalue weighted by atomic mass is 32.2. The van der Waals surface area contributed by atoms with Gasteiger partial charge in [0.25, 0.3) is 0 Å². The van der Waals surface area contributed by atoms with E-state index in [1.807, 2.05) is 13.8 Å².